The maximum atomic E-state index is 13.5. The Hall–Kier alpha value is -2.68. The van der Waals surface area contributed by atoms with Gasteiger partial charge < -0.3 is 15.7 Å². The van der Waals surface area contributed by atoms with Crippen LogP contribution in [0.1, 0.15) is 38.5 Å². The van der Waals surface area contributed by atoms with E-state index in [-0.39, 0.29) is 17.9 Å². The maximum Gasteiger partial charge on any atom is 0.255 e. The van der Waals surface area contributed by atoms with Gasteiger partial charge in [-0.05, 0) is 25.0 Å². The second-order valence-electron chi connectivity index (χ2n) is 6.43. The van der Waals surface area contributed by atoms with Crippen molar-refractivity contribution in [3.05, 3.63) is 24.0 Å². The molecule has 1 aliphatic rings. The first-order valence-corrected chi connectivity index (χ1v) is 8.72. The van der Waals surface area contributed by atoms with Gasteiger partial charge in [0.2, 0.25) is 11.9 Å². The lowest BCUT2D eigenvalue weighted by atomic mass is 10.1. The number of phenolic OH excluding ortho intramolecular Hbond substituents is 1. The summed E-state index contributed by atoms with van der Waals surface area (Å²) in [6.45, 7) is 0. The van der Waals surface area contributed by atoms with E-state index in [0.717, 1.165) is 36.8 Å². The largest absolute Gasteiger partial charge is 0.505 e. The monoisotopic (exact) mass is 362 g/mol. The molecule has 1 saturated carbocycles. The zero-order valence-electron chi connectivity index (χ0n) is 14.6. The molecule has 0 spiro atoms. The van der Waals surface area contributed by atoms with Crippen LogP contribution in [-0.2, 0) is 0 Å². The van der Waals surface area contributed by atoms with Crippen LogP contribution >= 0.6 is 0 Å². The van der Waals surface area contributed by atoms with Crippen molar-refractivity contribution in [2.75, 3.05) is 22.7 Å². The third-order valence-corrected chi connectivity index (χ3v) is 4.31. The van der Waals surface area contributed by atoms with Crippen LogP contribution in [0.5, 0.6) is 5.75 Å². The summed E-state index contributed by atoms with van der Waals surface area (Å²) in [6, 6.07) is 4.15. The van der Waals surface area contributed by atoms with Gasteiger partial charge >= 0.3 is 0 Å². The van der Waals surface area contributed by atoms with Crippen molar-refractivity contribution in [3.63, 3.8) is 0 Å². The number of aromatic hydroxyl groups is 1. The lowest BCUT2D eigenvalue weighted by molar-refractivity contribution is 0.272. The number of nitrogens with one attached hydrogen (secondary N) is 2. The average molecular weight is 362 g/mol. The van der Waals surface area contributed by atoms with E-state index in [1.807, 2.05) is 0 Å². The van der Waals surface area contributed by atoms with E-state index in [9.17, 15) is 14.7 Å². The fourth-order valence-electron chi connectivity index (χ4n) is 2.95. The summed E-state index contributed by atoms with van der Waals surface area (Å²) >= 11 is 0. The Balaban J connectivity index is 1.82. The minimum atomic E-state index is -0.750. The Kier molecular flexibility index (Phi) is 5.67. The smallest absolute Gasteiger partial charge is 0.255 e. The molecular formula is C17H23FN6O2. The molecule has 0 atom stereocenters. The van der Waals surface area contributed by atoms with Crippen molar-refractivity contribution in [2.45, 2.75) is 44.6 Å². The van der Waals surface area contributed by atoms with E-state index in [0.29, 0.717) is 11.6 Å². The molecule has 4 N–H and O–H groups in total. The fourth-order valence-corrected chi connectivity index (χ4v) is 2.95. The number of aromatic nitrogens is 3. The molecule has 26 heavy (non-hydrogen) atoms. The van der Waals surface area contributed by atoms with Gasteiger partial charge in [-0.25, -0.2) is 9.45 Å². The number of hydrogen-bond donors (Lipinski definition) is 4. The van der Waals surface area contributed by atoms with Crippen LogP contribution in [0.25, 0.3) is 0 Å². The summed E-state index contributed by atoms with van der Waals surface area (Å²) in [7, 11) is 1.41. The number of benzene rings is 1. The summed E-state index contributed by atoms with van der Waals surface area (Å²) in [4.78, 5) is 12.6. The molecule has 0 radical (unpaired) electrons. The molecule has 140 valence electrons. The van der Waals surface area contributed by atoms with Gasteiger partial charge in [0.15, 0.2) is 11.6 Å². The number of anilines is 4. The van der Waals surface area contributed by atoms with Crippen molar-refractivity contribution < 1.29 is 14.7 Å². The minimum absolute atomic E-state index is 0.0675. The van der Waals surface area contributed by atoms with Gasteiger partial charge in [0.1, 0.15) is 0 Å². The SMILES string of the molecule is CN(O)c1nc(Nc2ccc(O)c(F)c2)nc(NC2CCCCCC2)n1. The van der Waals surface area contributed by atoms with Gasteiger partial charge in [-0.3, -0.25) is 5.21 Å². The first-order chi connectivity index (χ1) is 12.5. The Morgan fingerprint density at radius 3 is 2.42 bits per heavy atom. The second-order valence-corrected chi connectivity index (χ2v) is 6.43. The number of phenols is 1. The van der Waals surface area contributed by atoms with Gasteiger partial charge in [-0.15, -0.1) is 0 Å². The molecular weight excluding hydrogens is 339 g/mol. The maximum absolute atomic E-state index is 13.5. The predicted octanol–water partition coefficient (Wildman–Crippen LogP) is 3.42. The van der Waals surface area contributed by atoms with Crippen LogP contribution in [0.2, 0.25) is 0 Å². The van der Waals surface area contributed by atoms with Gasteiger partial charge in [0.05, 0.1) is 0 Å². The minimum Gasteiger partial charge on any atom is -0.505 e. The summed E-state index contributed by atoms with van der Waals surface area (Å²) in [6.07, 6.45) is 6.88. The number of hydroxylamine groups is 1. The van der Waals surface area contributed by atoms with Gasteiger partial charge in [0.25, 0.3) is 5.95 Å². The standard InChI is InChI=1S/C17H23FN6O2/c1-24(26)17-22-15(19-11-6-4-2-3-5-7-11)21-16(23-17)20-12-8-9-14(25)13(18)10-12/h8-11,25-26H,2-7H2,1H3,(H2,19,20,21,22,23). The quantitative estimate of drug-likeness (QED) is 0.364. The first kappa shape index (κ1) is 18.1. The Labute approximate surface area is 151 Å². The van der Waals surface area contributed by atoms with E-state index in [2.05, 4.69) is 25.6 Å². The number of nitrogens with zero attached hydrogens (tertiary/aromatic N) is 4. The molecule has 1 aromatic heterocycles. The van der Waals surface area contributed by atoms with Crippen LogP contribution in [0.4, 0.5) is 27.9 Å². The van der Waals surface area contributed by atoms with Gasteiger partial charge in [-0.2, -0.15) is 15.0 Å². The summed E-state index contributed by atoms with van der Waals surface area (Å²) in [5, 5.41) is 26.0. The molecule has 9 heteroatoms. The third-order valence-electron chi connectivity index (χ3n) is 4.31. The molecule has 0 unspecified atom stereocenters. The van der Waals surface area contributed by atoms with E-state index in [4.69, 9.17) is 0 Å². The number of rotatable bonds is 5. The van der Waals surface area contributed by atoms with E-state index < -0.39 is 11.6 Å². The van der Waals surface area contributed by atoms with E-state index in [1.54, 1.807) is 0 Å². The van der Waals surface area contributed by atoms with Gasteiger partial charge in [0, 0.05) is 24.8 Å². The van der Waals surface area contributed by atoms with Crippen LogP contribution in [0.3, 0.4) is 0 Å². The lowest BCUT2D eigenvalue weighted by Crippen LogP contribution is -2.22. The van der Waals surface area contributed by atoms with Crippen molar-refractivity contribution >= 4 is 23.5 Å². The molecule has 1 fully saturated rings. The number of hydrogen-bond acceptors (Lipinski definition) is 8. The van der Waals surface area contributed by atoms with Crippen LogP contribution in [-0.4, -0.2) is 38.4 Å². The van der Waals surface area contributed by atoms with Crippen molar-refractivity contribution in [2.24, 2.45) is 0 Å². The summed E-state index contributed by atoms with van der Waals surface area (Å²) in [5.74, 6) is -0.599. The van der Waals surface area contributed by atoms with Crippen molar-refractivity contribution in [1.82, 2.24) is 15.0 Å². The molecule has 0 amide bonds. The molecule has 0 saturated heterocycles. The molecule has 2 aromatic rings. The highest BCUT2D eigenvalue weighted by Crippen LogP contribution is 2.24. The van der Waals surface area contributed by atoms with E-state index >= 15 is 0 Å². The second kappa shape index (κ2) is 8.13. The molecule has 1 aliphatic carbocycles. The average Bonchev–Trinajstić information content (AvgIpc) is 2.86. The van der Waals surface area contributed by atoms with Crippen molar-refractivity contribution in [3.8, 4) is 5.75 Å². The molecule has 0 bridgehead atoms. The fraction of sp³-hybridized carbons (Fsp3) is 0.471. The topological polar surface area (TPSA) is 106 Å². The highest BCUT2D eigenvalue weighted by atomic mass is 19.1. The Bertz CT molecular complexity index is 750. The van der Waals surface area contributed by atoms with Crippen LogP contribution in [0.15, 0.2) is 18.2 Å². The lowest BCUT2D eigenvalue weighted by Gasteiger charge is -2.18. The Morgan fingerprint density at radius 1 is 1.08 bits per heavy atom. The van der Waals surface area contributed by atoms with Crippen LogP contribution < -0.4 is 15.7 Å². The van der Waals surface area contributed by atoms with Crippen LogP contribution in [0, 0.1) is 5.82 Å². The van der Waals surface area contributed by atoms with Gasteiger partial charge in [-0.1, -0.05) is 25.7 Å². The van der Waals surface area contributed by atoms with Crippen molar-refractivity contribution in [1.29, 1.82) is 0 Å². The zero-order valence-corrected chi connectivity index (χ0v) is 14.6. The predicted molar refractivity (Wildman–Crippen MR) is 96.5 cm³/mol. The normalized spacial score (nSPS) is 15.3. The molecule has 8 nitrogen and oxygen atoms in total. The molecule has 3 rings (SSSR count). The number of halogens is 1. The highest BCUT2D eigenvalue weighted by molar-refractivity contribution is 5.57. The zero-order chi connectivity index (χ0) is 18.5. The third kappa shape index (κ3) is 4.69. The summed E-state index contributed by atoms with van der Waals surface area (Å²) < 4.78 is 13.5. The molecule has 0 aliphatic heterocycles. The molecule has 1 heterocycles. The molecule has 1 aromatic carbocycles. The highest BCUT2D eigenvalue weighted by Gasteiger charge is 2.16. The van der Waals surface area contributed by atoms with E-state index in [1.165, 1.54) is 32.0 Å². The first-order valence-electron chi connectivity index (χ1n) is 8.72. The Morgan fingerprint density at radius 2 is 1.77 bits per heavy atom. The summed E-state index contributed by atoms with van der Waals surface area (Å²) in [5.41, 5.74) is 0.374.